The smallest absolute Gasteiger partial charge is 0.328 e. The highest BCUT2D eigenvalue weighted by atomic mass is 16.5. The quantitative estimate of drug-likeness (QED) is 0.797. The Balaban J connectivity index is 2.61. The van der Waals surface area contributed by atoms with Crippen LogP contribution < -0.4 is 4.74 Å². The zero-order valence-electron chi connectivity index (χ0n) is 10.1. The maximum absolute atomic E-state index is 10.8. The molecule has 0 radical (unpaired) electrons. The van der Waals surface area contributed by atoms with Crippen molar-refractivity contribution >= 4 is 11.5 Å². The lowest BCUT2D eigenvalue weighted by Gasteiger charge is -2.23. The van der Waals surface area contributed by atoms with Crippen LogP contribution in [-0.4, -0.2) is 18.2 Å². The number of fused-ring (bicyclic) bond motifs is 1. The molecule has 2 rings (SSSR count). The lowest BCUT2D eigenvalue weighted by atomic mass is 9.84. The Bertz CT molecular complexity index is 486. The van der Waals surface area contributed by atoms with Gasteiger partial charge in [-0.2, -0.15) is 0 Å². The molecule has 0 saturated carbocycles. The first-order valence-electron chi connectivity index (χ1n) is 5.74. The van der Waals surface area contributed by atoms with Crippen molar-refractivity contribution in [2.75, 3.05) is 7.11 Å². The van der Waals surface area contributed by atoms with Gasteiger partial charge in [-0.05, 0) is 49.0 Å². The molecule has 0 saturated heterocycles. The van der Waals surface area contributed by atoms with E-state index in [1.807, 2.05) is 19.1 Å². The Hall–Kier alpha value is -1.77. The van der Waals surface area contributed by atoms with E-state index in [0.29, 0.717) is 0 Å². The average molecular weight is 232 g/mol. The summed E-state index contributed by atoms with van der Waals surface area (Å²) in [6, 6.07) is 3.94. The van der Waals surface area contributed by atoms with Crippen LogP contribution in [-0.2, 0) is 11.2 Å². The lowest BCUT2D eigenvalue weighted by molar-refractivity contribution is -0.131. The minimum atomic E-state index is -0.880. The molecular weight excluding hydrogens is 216 g/mol. The van der Waals surface area contributed by atoms with Crippen molar-refractivity contribution in [3.8, 4) is 5.75 Å². The van der Waals surface area contributed by atoms with Crippen molar-refractivity contribution in [3.63, 3.8) is 0 Å². The van der Waals surface area contributed by atoms with Crippen LogP contribution in [0.1, 0.15) is 29.5 Å². The van der Waals surface area contributed by atoms with Crippen molar-refractivity contribution in [1.29, 1.82) is 0 Å². The second-order valence-electron chi connectivity index (χ2n) is 4.30. The van der Waals surface area contributed by atoms with Gasteiger partial charge in [-0.1, -0.05) is 6.07 Å². The highest BCUT2D eigenvalue weighted by molar-refractivity contribution is 5.91. The van der Waals surface area contributed by atoms with E-state index in [4.69, 9.17) is 9.84 Å². The molecule has 0 bridgehead atoms. The van der Waals surface area contributed by atoms with Gasteiger partial charge in [-0.25, -0.2) is 4.79 Å². The highest BCUT2D eigenvalue weighted by Gasteiger charge is 2.20. The third-order valence-corrected chi connectivity index (χ3v) is 3.19. The number of hydrogen-bond donors (Lipinski definition) is 1. The van der Waals surface area contributed by atoms with Crippen LogP contribution in [0.25, 0.3) is 5.57 Å². The van der Waals surface area contributed by atoms with E-state index in [9.17, 15) is 4.79 Å². The predicted octanol–water partition coefficient (Wildman–Crippen LogP) is 2.81. The standard InChI is InChI=1S/C14H16O3/c1-9-6-7-12(17-2)11-5-3-4-10(14(9)11)8-13(15)16/h6-8H,3-5H2,1-2H3,(H,15,16)/b10-8+. The summed E-state index contributed by atoms with van der Waals surface area (Å²) in [5.74, 6) is -0.0170. The molecule has 3 nitrogen and oxygen atoms in total. The van der Waals surface area contributed by atoms with Gasteiger partial charge in [0.25, 0.3) is 0 Å². The van der Waals surface area contributed by atoms with E-state index in [0.717, 1.165) is 47.3 Å². The van der Waals surface area contributed by atoms with Crippen molar-refractivity contribution < 1.29 is 14.6 Å². The number of methoxy groups -OCH3 is 1. The van der Waals surface area contributed by atoms with Gasteiger partial charge >= 0.3 is 5.97 Å². The summed E-state index contributed by atoms with van der Waals surface area (Å²) in [6.45, 7) is 2.01. The zero-order valence-corrected chi connectivity index (χ0v) is 10.1. The van der Waals surface area contributed by atoms with Crippen LogP contribution in [0.5, 0.6) is 5.75 Å². The van der Waals surface area contributed by atoms with Crippen molar-refractivity contribution in [3.05, 3.63) is 34.9 Å². The molecule has 0 atom stereocenters. The monoisotopic (exact) mass is 232 g/mol. The van der Waals surface area contributed by atoms with Gasteiger partial charge in [0.15, 0.2) is 0 Å². The third-order valence-electron chi connectivity index (χ3n) is 3.19. The predicted molar refractivity (Wildman–Crippen MR) is 66.3 cm³/mol. The van der Waals surface area contributed by atoms with Crippen LogP contribution in [0.3, 0.4) is 0 Å². The van der Waals surface area contributed by atoms with E-state index < -0.39 is 5.97 Å². The number of aliphatic carboxylic acids is 1. The average Bonchev–Trinajstić information content (AvgIpc) is 2.29. The first kappa shape index (κ1) is 11.7. The lowest BCUT2D eigenvalue weighted by Crippen LogP contribution is -2.07. The van der Waals surface area contributed by atoms with Crippen molar-refractivity contribution in [2.24, 2.45) is 0 Å². The Kier molecular flexibility index (Phi) is 3.18. The minimum Gasteiger partial charge on any atom is -0.496 e. The number of carboxylic acid groups (broad SMARTS) is 1. The molecule has 0 unspecified atom stereocenters. The number of rotatable bonds is 2. The normalized spacial score (nSPS) is 16.7. The molecule has 0 heterocycles. The van der Waals surface area contributed by atoms with Crippen molar-refractivity contribution in [2.45, 2.75) is 26.2 Å². The summed E-state index contributed by atoms with van der Waals surface area (Å²) in [7, 11) is 1.65. The van der Waals surface area contributed by atoms with E-state index in [-0.39, 0.29) is 0 Å². The fraction of sp³-hybridized carbons (Fsp3) is 0.357. The molecule has 0 fully saturated rings. The number of hydrogen-bond acceptors (Lipinski definition) is 2. The van der Waals surface area contributed by atoms with Gasteiger partial charge < -0.3 is 9.84 Å². The summed E-state index contributed by atoms with van der Waals surface area (Å²) in [5.41, 5.74) is 4.24. The number of allylic oxidation sites excluding steroid dienone is 1. The van der Waals surface area contributed by atoms with Crippen LogP contribution in [0, 0.1) is 6.92 Å². The van der Waals surface area contributed by atoms with Gasteiger partial charge in [0.1, 0.15) is 5.75 Å². The Labute approximate surface area is 101 Å². The van der Waals surface area contributed by atoms with E-state index in [2.05, 4.69) is 0 Å². The molecular formula is C14H16O3. The molecule has 1 N–H and O–H groups in total. The maximum Gasteiger partial charge on any atom is 0.328 e. The molecule has 90 valence electrons. The molecule has 1 aromatic carbocycles. The fourth-order valence-corrected chi connectivity index (χ4v) is 2.51. The van der Waals surface area contributed by atoms with Crippen LogP contribution in [0.15, 0.2) is 18.2 Å². The molecule has 1 aliphatic carbocycles. The van der Waals surface area contributed by atoms with Crippen molar-refractivity contribution in [1.82, 2.24) is 0 Å². The van der Waals surface area contributed by atoms with Crippen LogP contribution in [0.2, 0.25) is 0 Å². The van der Waals surface area contributed by atoms with Gasteiger partial charge in [-0.15, -0.1) is 0 Å². The van der Waals surface area contributed by atoms with Crippen LogP contribution >= 0.6 is 0 Å². The molecule has 1 aromatic rings. The third kappa shape index (κ3) is 2.18. The van der Waals surface area contributed by atoms with Gasteiger partial charge in [-0.3, -0.25) is 0 Å². The zero-order chi connectivity index (χ0) is 12.4. The molecule has 3 heteroatoms. The Morgan fingerprint density at radius 3 is 2.82 bits per heavy atom. The second kappa shape index (κ2) is 4.62. The first-order valence-corrected chi connectivity index (χ1v) is 5.74. The van der Waals surface area contributed by atoms with Gasteiger partial charge in [0.05, 0.1) is 7.11 Å². The number of ether oxygens (including phenoxy) is 1. The Morgan fingerprint density at radius 1 is 1.41 bits per heavy atom. The molecule has 0 aliphatic heterocycles. The van der Waals surface area contributed by atoms with Gasteiger partial charge in [0, 0.05) is 11.6 Å². The van der Waals surface area contributed by atoms with E-state index >= 15 is 0 Å². The highest BCUT2D eigenvalue weighted by Crippen LogP contribution is 2.38. The molecule has 17 heavy (non-hydrogen) atoms. The Morgan fingerprint density at radius 2 is 2.18 bits per heavy atom. The summed E-state index contributed by atoms with van der Waals surface area (Å²) >= 11 is 0. The number of benzene rings is 1. The second-order valence-corrected chi connectivity index (χ2v) is 4.30. The molecule has 0 aromatic heterocycles. The summed E-state index contributed by atoms with van der Waals surface area (Å²) in [4.78, 5) is 10.8. The summed E-state index contributed by atoms with van der Waals surface area (Å²) < 4.78 is 5.35. The first-order chi connectivity index (χ1) is 8.13. The van der Waals surface area contributed by atoms with E-state index in [1.165, 1.54) is 6.08 Å². The summed E-state index contributed by atoms with van der Waals surface area (Å²) in [5, 5.41) is 8.90. The topological polar surface area (TPSA) is 46.5 Å². The maximum atomic E-state index is 10.8. The molecule has 0 spiro atoms. The summed E-state index contributed by atoms with van der Waals surface area (Å²) in [6.07, 6.45) is 4.08. The van der Waals surface area contributed by atoms with Crippen LogP contribution in [0.4, 0.5) is 0 Å². The SMILES string of the molecule is COc1ccc(C)c2c1CCC/C2=C\C(=O)O. The molecule has 1 aliphatic rings. The number of aryl methyl sites for hydroxylation is 1. The number of carboxylic acids is 1. The molecule has 0 amide bonds. The fourth-order valence-electron chi connectivity index (χ4n) is 2.51. The largest absolute Gasteiger partial charge is 0.496 e. The van der Waals surface area contributed by atoms with E-state index in [1.54, 1.807) is 7.11 Å². The number of carbonyl (C=O) groups is 1. The minimum absolute atomic E-state index is 0.827. The van der Waals surface area contributed by atoms with Gasteiger partial charge in [0.2, 0.25) is 0 Å².